The molecule has 2 aromatic rings. The van der Waals surface area contributed by atoms with Gasteiger partial charge in [-0.2, -0.15) is 0 Å². The number of carboxylic acid groups (broad SMARTS) is 1. The van der Waals surface area contributed by atoms with Crippen LogP contribution in [0.2, 0.25) is 4.34 Å². The molecule has 2 rings (SSSR count). The van der Waals surface area contributed by atoms with Crippen molar-refractivity contribution in [1.82, 2.24) is 10.3 Å². The zero-order valence-corrected chi connectivity index (χ0v) is 11.8. The molecule has 0 saturated heterocycles. The standard InChI is InChI=1S/C13H13ClN2O2S/c1-8(11-4-5-12(14)19-11)16-7-10-9(13(17)18)3-2-6-15-10/h2-6,8,16H,7H2,1H3,(H,17,18). The minimum atomic E-state index is -0.961. The molecule has 6 heteroatoms. The topological polar surface area (TPSA) is 62.2 Å². The van der Waals surface area contributed by atoms with Gasteiger partial charge in [-0.15, -0.1) is 11.3 Å². The smallest absolute Gasteiger partial charge is 0.337 e. The molecule has 0 amide bonds. The van der Waals surface area contributed by atoms with Crippen LogP contribution in [0.5, 0.6) is 0 Å². The Morgan fingerprint density at radius 1 is 1.53 bits per heavy atom. The fourth-order valence-electron chi connectivity index (χ4n) is 1.68. The van der Waals surface area contributed by atoms with Crippen LogP contribution < -0.4 is 5.32 Å². The van der Waals surface area contributed by atoms with Crippen molar-refractivity contribution in [3.8, 4) is 0 Å². The lowest BCUT2D eigenvalue weighted by molar-refractivity contribution is 0.0695. The molecule has 0 radical (unpaired) electrons. The van der Waals surface area contributed by atoms with Crippen LogP contribution in [-0.4, -0.2) is 16.1 Å². The number of hydrogen-bond acceptors (Lipinski definition) is 4. The highest BCUT2D eigenvalue weighted by Crippen LogP contribution is 2.26. The highest BCUT2D eigenvalue weighted by Gasteiger charge is 2.12. The van der Waals surface area contributed by atoms with Crippen LogP contribution >= 0.6 is 22.9 Å². The van der Waals surface area contributed by atoms with Crippen molar-refractivity contribution >= 4 is 28.9 Å². The third kappa shape index (κ3) is 3.53. The van der Waals surface area contributed by atoms with E-state index in [0.29, 0.717) is 12.2 Å². The molecule has 0 spiro atoms. The molecule has 0 bridgehead atoms. The van der Waals surface area contributed by atoms with Crippen molar-refractivity contribution in [2.75, 3.05) is 0 Å². The SMILES string of the molecule is CC(NCc1ncccc1C(=O)O)c1ccc(Cl)s1. The van der Waals surface area contributed by atoms with Crippen LogP contribution in [0.15, 0.2) is 30.5 Å². The number of nitrogens with one attached hydrogen (secondary N) is 1. The van der Waals surface area contributed by atoms with Crippen LogP contribution in [0.4, 0.5) is 0 Å². The first-order valence-electron chi connectivity index (χ1n) is 5.73. The second-order valence-corrected chi connectivity index (χ2v) is 5.79. The molecule has 0 aliphatic rings. The summed E-state index contributed by atoms with van der Waals surface area (Å²) < 4.78 is 0.743. The van der Waals surface area contributed by atoms with E-state index in [1.807, 2.05) is 19.1 Å². The van der Waals surface area contributed by atoms with E-state index in [1.165, 1.54) is 11.3 Å². The lowest BCUT2D eigenvalue weighted by Crippen LogP contribution is -2.20. The third-order valence-corrected chi connectivity index (χ3v) is 4.13. The number of rotatable bonds is 5. The van der Waals surface area contributed by atoms with Gasteiger partial charge >= 0.3 is 5.97 Å². The molecule has 1 atom stereocenters. The zero-order valence-electron chi connectivity index (χ0n) is 10.3. The van der Waals surface area contributed by atoms with Crippen molar-refractivity contribution in [2.45, 2.75) is 19.5 Å². The van der Waals surface area contributed by atoms with Crippen LogP contribution in [-0.2, 0) is 6.54 Å². The average Bonchev–Trinajstić information content (AvgIpc) is 2.83. The van der Waals surface area contributed by atoms with E-state index in [9.17, 15) is 4.79 Å². The molecule has 19 heavy (non-hydrogen) atoms. The monoisotopic (exact) mass is 296 g/mol. The van der Waals surface area contributed by atoms with Gasteiger partial charge in [-0.25, -0.2) is 4.79 Å². The first-order chi connectivity index (χ1) is 9.08. The van der Waals surface area contributed by atoms with Gasteiger partial charge in [0.25, 0.3) is 0 Å². The van der Waals surface area contributed by atoms with Crippen LogP contribution in [0.25, 0.3) is 0 Å². The van der Waals surface area contributed by atoms with Crippen LogP contribution in [0.1, 0.15) is 33.9 Å². The summed E-state index contributed by atoms with van der Waals surface area (Å²) in [6, 6.07) is 7.08. The summed E-state index contributed by atoms with van der Waals surface area (Å²) in [5, 5.41) is 12.3. The van der Waals surface area contributed by atoms with Crippen molar-refractivity contribution < 1.29 is 9.90 Å². The maximum absolute atomic E-state index is 11.1. The second-order valence-electron chi connectivity index (χ2n) is 4.05. The molecule has 100 valence electrons. The maximum atomic E-state index is 11.1. The summed E-state index contributed by atoms with van der Waals surface area (Å²) in [4.78, 5) is 16.3. The van der Waals surface area contributed by atoms with Gasteiger partial charge in [-0.05, 0) is 31.2 Å². The Balaban J connectivity index is 2.05. The van der Waals surface area contributed by atoms with Gasteiger partial charge < -0.3 is 10.4 Å². The van der Waals surface area contributed by atoms with Gasteiger partial charge in [-0.3, -0.25) is 4.98 Å². The van der Waals surface area contributed by atoms with Gasteiger partial charge in [0.2, 0.25) is 0 Å². The molecule has 0 fully saturated rings. The van der Waals surface area contributed by atoms with E-state index in [0.717, 1.165) is 9.21 Å². The maximum Gasteiger partial charge on any atom is 0.337 e. The van der Waals surface area contributed by atoms with E-state index in [1.54, 1.807) is 18.3 Å². The first-order valence-corrected chi connectivity index (χ1v) is 6.93. The van der Waals surface area contributed by atoms with Gasteiger partial charge in [0.05, 0.1) is 15.6 Å². The summed E-state index contributed by atoms with van der Waals surface area (Å²) in [7, 11) is 0. The number of aromatic nitrogens is 1. The number of aromatic carboxylic acids is 1. The van der Waals surface area contributed by atoms with E-state index in [2.05, 4.69) is 10.3 Å². The molecule has 2 N–H and O–H groups in total. The molecular formula is C13H13ClN2O2S. The van der Waals surface area contributed by atoms with Crippen molar-refractivity contribution in [3.63, 3.8) is 0 Å². The highest BCUT2D eigenvalue weighted by atomic mass is 35.5. The fourth-order valence-corrected chi connectivity index (χ4v) is 2.77. The van der Waals surface area contributed by atoms with Crippen molar-refractivity contribution in [3.05, 3.63) is 50.9 Å². The van der Waals surface area contributed by atoms with Crippen molar-refractivity contribution in [2.24, 2.45) is 0 Å². The molecule has 2 heterocycles. The number of thiophene rings is 1. The van der Waals surface area contributed by atoms with E-state index in [4.69, 9.17) is 16.7 Å². The summed E-state index contributed by atoms with van der Waals surface area (Å²) in [6.07, 6.45) is 1.59. The molecule has 0 saturated carbocycles. The quantitative estimate of drug-likeness (QED) is 0.888. The second kappa shape index (κ2) is 6.14. The Hall–Kier alpha value is -1.43. The molecule has 0 aliphatic heterocycles. The predicted molar refractivity (Wildman–Crippen MR) is 75.8 cm³/mol. The lowest BCUT2D eigenvalue weighted by atomic mass is 10.2. The van der Waals surface area contributed by atoms with E-state index < -0.39 is 5.97 Å². The largest absolute Gasteiger partial charge is 0.478 e. The van der Waals surface area contributed by atoms with E-state index >= 15 is 0 Å². The molecule has 4 nitrogen and oxygen atoms in total. The van der Waals surface area contributed by atoms with Crippen molar-refractivity contribution in [1.29, 1.82) is 0 Å². The predicted octanol–water partition coefficient (Wildman–Crippen LogP) is 3.35. The number of halogens is 1. The molecular weight excluding hydrogens is 284 g/mol. The molecule has 1 unspecified atom stereocenters. The Morgan fingerprint density at radius 3 is 2.95 bits per heavy atom. The zero-order chi connectivity index (χ0) is 13.8. The number of nitrogens with zero attached hydrogens (tertiary/aromatic N) is 1. The summed E-state index contributed by atoms with van der Waals surface area (Å²) in [5.74, 6) is -0.961. The highest BCUT2D eigenvalue weighted by molar-refractivity contribution is 7.16. The Bertz CT molecular complexity index is 586. The summed E-state index contributed by atoms with van der Waals surface area (Å²) in [6.45, 7) is 2.41. The van der Waals surface area contributed by atoms with Gasteiger partial charge in [0.1, 0.15) is 0 Å². The Labute approximate surface area is 120 Å². The van der Waals surface area contributed by atoms with E-state index in [-0.39, 0.29) is 11.6 Å². The first kappa shape index (κ1) is 14.0. The summed E-state index contributed by atoms with van der Waals surface area (Å²) >= 11 is 7.40. The van der Waals surface area contributed by atoms with Gasteiger partial charge in [-0.1, -0.05) is 11.6 Å². The number of carbonyl (C=O) groups is 1. The van der Waals surface area contributed by atoms with Gasteiger partial charge in [0, 0.05) is 23.7 Å². The normalized spacial score (nSPS) is 12.3. The number of carboxylic acids is 1. The Morgan fingerprint density at radius 2 is 2.32 bits per heavy atom. The molecule has 0 aliphatic carbocycles. The van der Waals surface area contributed by atoms with Gasteiger partial charge in [0.15, 0.2) is 0 Å². The number of pyridine rings is 1. The minimum Gasteiger partial charge on any atom is -0.478 e. The van der Waals surface area contributed by atoms with Crippen LogP contribution in [0.3, 0.4) is 0 Å². The average molecular weight is 297 g/mol. The summed E-state index contributed by atoms with van der Waals surface area (Å²) in [5.41, 5.74) is 0.760. The fraction of sp³-hybridized carbons (Fsp3) is 0.231. The minimum absolute atomic E-state index is 0.0983. The third-order valence-electron chi connectivity index (χ3n) is 2.72. The molecule has 2 aromatic heterocycles. The molecule has 0 aromatic carbocycles. The lowest BCUT2D eigenvalue weighted by Gasteiger charge is -2.12. The number of hydrogen-bond donors (Lipinski definition) is 2. The van der Waals surface area contributed by atoms with Crippen LogP contribution in [0, 0.1) is 0 Å². The Kier molecular flexibility index (Phi) is 4.52.